The number of benzene rings is 1. The van der Waals surface area contributed by atoms with Crippen LogP contribution in [0.2, 0.25) is 5.02 Å². The van der Waals surface area contributed by atoms with Gasteiger partial charge < -0.3 is 20.9 Å². The van der Waals surface area contributed by atoms with Crippen molar-refractivity contribution in [1.82, 2.24) is 15.2 Å². The Morgan fingerprint density at radius 2 is 1.94 bits per heavy atom. The Labute approximate surface area is 212 Å². The molecule has 0 spiro atoms. The summed E-state index contributed by atoms with van der Waals surface area (Å²) in [4.78, 5) is 25.2. The molecule has 0 unspecified atom stereocenters. The van der Waals surface area contributed by atoms with Gasteiger partial charge in [0.1, 0.15) is 5.82 Å². The molecule has 9 heteroatoms. The fraction of sp³-hybridized carbons (Fsp3) is 0.435. The standard InChI is InChI=1S/C23H31ClN6O.HI/c1-3-26-23(29(2)16-19-7-4-5-9-20(19)24)28-15-18-8-6-12-27-22(18)30-13-10-17(11-14-30)21(25)31;/h4-9,12,17H,3,10-11,13-16H2,1-2H3,(H2,25,31)(H,26,28);1H. The number of carbonyl (C=O) groups excluding carboxylic acids is 1. The number of piperidine rings is 1. The van der Waals surface area contributed by atoms with Crippen LogP contribution in [0.4, 0.5) is 5.82 Å². The largest absolute Gasteiger partial charge is 0.369 e. The number of aromatic nitrogens is 1. The highest BCUT2D eigenvalue weighted by Gasteiger charge is 2.25. The van der Waals surface area contributed by atoms with Gasteiger partial charge in [-0.1, -0.05) is 35.9 Å². The third kappa shape index (κ3) is 6.96. The minimum absolute atomic E-state index is 0. The lowest BCUT2D eigenvalue weighted by Gasteiger charge is -2.32. The lowest BCUT2D eigenvalue weighted by atomic mass is 9.96. The zero-order chi connectivity index (χ0) is 22.2. The van der Waals surface area contributed by atoms with E-state index in [1.165, 1.54) is 0 Å². The maximum atomic E-state index is 11.5. The predicted molar refractivity (Wildman–Crippen MR) is 142 cm³/mol. The van der Waals surface area contributed by atoms with E-state index >= 15 is 0 Å². The Balaban J connectivity index is 0.00000363. The summed E-state index contributed by atoms with van der Waals surface area (Å²) >= 11 is 6.33. The van der Waals surface area contributed by atoms with Crippen molar-refractivity contribution < 1.29 is 4.79 Å². The number of hydrogen-bond acceptors (Lipinski definition) is 4. The first-order chi connectivity index (χ1) is 15.0. The third-order valence-electron chi connectivity index (χ3n) is 5.53. The summed E-state index contributed by atoms with van der Waals surface area (Å²) in [5.74, 6) is 1.49. The quantitative estimate of drug-likeness (QED) is 0.302. The van der Waals surface area contributed by atoms with Gasteiger partial charge in [-0.15, -0.1) is 24.0 Å². The molecule has 32 heavy (non-hydrogen) atoms. The van der Waals surface area contributed by atoms with Gasteiger partial charge in [0.15, 0.2) is 5.96 Å². The van der Waals surface area contributed by atoms with Crippen molar-refractivity contribution >= 4 is 53.3 Å². The van der Waals surface area contributed by atoms with Crippen LogP contribution in [-0.2, 0) is 17.9 Å². The molecule has 7 nitrogen and oxygen atoms in total. The number of nitrogens with zero attached hydrogens (tertiary/aromatic N) is 4. The molecule has 1 aliphatic heterocycles. The zero-order valence-electron chi connectivity index (χ0n) is 18.6. The molecule has 1 fully saturated rings. The number of carbonyl (C=O) groups is 1. The van der Waals surface area contributed by atoms with Gasteiger partial charge >= 0.3 is 0 Å². The number of guanidine groups is 1. The van der Waals surface area contributed by atoms with Crippen molar-refractivity contribution in [2.45, 2.75) is 32.9 Å². The number of nitrogens with two attached hydrogens (primary N) is 1. The molecule has 1 aromatic heterocycles. The van der Waals surface area contributed by atoms with Crippen LogP contribution in [0.5, 0.6) is 0 Å². The Morgan fingerprint density at radius 3 is 2.59 bits per heavy atom. The van der Waals surface area contributed by atoms with E-state index in [2.05, 4.69) is 33.1 Å². The number of aliphatic imine (C=N–C) groups is 1. The summed E-state index contributed by atoms with van der Waals surface area (Å²) in [6.07, 6.45) is 3.33. The highest BCUT2D eigenvalue weighted by Crippen LogP contribution is 2.25. The van der Waals surface area contributed by atoms with E-state index < -0.39 is 0 Å². The van der Waals surface area contributed by atoms with Crippen LogP contribution >= 0.6 is 35.6 Å². The highest BCUT2D eigenvalue weighted by atomic mass is 127. The predicted octanol–water partition coefficient (Wildman–Crippen LogP) is 3.65. The summed E-state index contributed by atoms with van der Waals surface area (Å²) in [5, 5.41) is 4.11. The van der Waals surface area contributed by atoms with E-state index in [1.54, 1.807) is 6.20 Å². The Kier molecular flexibility index (Phi) is 10.5. The number of primary amides is 1. The second-order valence-corrected chi connectivity index (χ2v) is 8.17. The van der Waals surface area contributed by atoms with Crippen LogP contribution < -0.4 is 16.0 Å². The van der Waals surface area contributed by atoms with Gasteiger partial charge in [-0.3, -0.25) is 4.79 Å². The number of amides is 1. The topological polar surface area (TPSA) is 86.9 Å². The molecule has 1 saturated heterocycles. The molecular formula is C23H32ClIN6O. The average molecular weight is 571 g/mol. The number of nitrogens with one attached hydrogen (secondary N) is 1. The second kappa shape index (κ2) is 12.8. The average Bonchev–Trinajstić information content (AvgIpc) is 2.78. The molecule has 0 aliphatic carbocycles. The zero-order valence-corrected chi connectivity index (χ0v) is 21.7. The van der Waals surface area contributed by atoms with Gasteiger partial charge in [-0.05, 0) is 37.5 Å². The van der Waals surface area contributed by atoms with Crippen molar-refractivity contribution in [3.63, 3.8) is 0 Å². The lowest BCUT2D eigenvalue weighted by molar-refractivity contribution is -0.122. The van der Waals surface area contributed by atoms with Gasteiger partial charge in [-0.25, -0.2) is 9.98 Å². The van der Waals surface area contributed by atoms with E-state index in [-0.39, 0.29) is 35.8 Å². The summed E-state index contributed by atoms with van der Waals surface area (Å²) in [5.41, 5.74) is 7.58. The molecule has 0 atom stereocenters. The Morgan fingerprint density at radius 1 is 1.25 bits per heavy atom. The monoisotopic (exact) mass is 570 g/mol. The van der Waals surface area contributed by atoms with Crippen molar-refractivity contribution in [2.24, 2.45) is 16.6 Å². The van der Waals surface area contributed by atoms with Gasteiger partial charge in [0.2, 0.25) is 5.91 Å². The lowest BCUT2D eigenvalue weighted by Crippen LogP contribution is -2.39. The minimum Gasteiger partial charge on any atom is -0.369 e. The Bertz CT molecular complexity index is 917. The number of rotatable bonds is 7. The third-order valence-corrected chi connectivity index (χ3v) is 5.89. The second-order valence-electron chi connectivity index (χ2n) is 7.77. The van der Waals surface area contributed by atoms with Crippen LogP contribution in [0.3, 0.4) is 0 Å². The maximum absolute atomic E-state index is 11.5. The normalized spacial score (nSPS) is 14.6. The van der Waals surface area contributed by atoms with Crippen molar-refractivity contribution in [2.75, 3.05) is 31.6 Å². The molecule has 3 N–H and O–H groups in total. The number of hydrogen-bond donors (Lipinski definition) is 2. The first-order valence-electron chi connectivity index (χ1n) is 10.7. The molecule has 1 aliphatic rings. The van der Waals surface area contributed by atoms with Crippen molar-refractivity contribution in [3.05, 3.63) is 58.7 Å². The molecule has 1 aromatic carbocycles. The number of halogens is 2. The van der Waals surface area contributed by atoms with Gasteiger partial charge in [0.25, 0.3) is 0 Å². The molecule has 174 valence electrons. The van der Waals surface area contributed by atoms with Gasteiger partial charge in [0, 0.05) is 55.9 Å². The van der Waals surface area contributed by atoms with Crippen LogP contribution in [-0.4, -0.2) is 48.4 Å². The van der Waals surface area contributed by atoms with E-state index in [0.29, 0.717) is 13.1 Å². The Hall–Kier alpha value is -2.07. The van der Waals surface area contributed by atoms with Crippen LogP contribution in [0.15, 0.2) is 47.6 Å². The summed E-state index contributed by atoms with van der Waals surface area (Å²) < 4.78 is 0. The van der Waals surface area contributed by atoms with E-state index in [4.69, 9.17) is 22.3 Å². The smallest absolute Gasteiger partial charge is 0.220 e. The molecule has 0 saturated carbocycles. The summed E-state index contributed by atoms with van der Waals surface area (Å²) in [7, 11) is 2.00. The first kappa shape index (κ1) is 26.2. The SMILES string of the molecule is CCNC(=NCc1cccnc1N1CCC(C(N)=O)CC1)N(C)Cc1ccccc1Cl.I. The molecule has 0 bridgehead atoms. The van der Waals surface area contributed by atoms with E-state index in [1.807, 2.05) is 37.4 Å². The molecule has 0 radical (unpaired) electrons. The van der Waals surface area contributed by atoms with Crippen molar-refractivity contribution in [1.29, 1.82) is 0 Å². The van der Waals surface area contributed by atoms with Crippen LogP contribution in [0.1, 0.15) is 30.9 Å². The highest BCUT2D eigenvalue weighted by molar-refractivity contribution is 14.0. The fourth-order valence-electron chi connectivity index (χ4n) is 3.80. The van der Waals surface area contributed by atoms with E-state index in [0.717, 1.165) is 60.4 Å². The molecule has 2 aromatic rings. The van der Waals surface area contributed by atoms with Crippen LogP contribution in [0.25, 0.3) is 0 Å². The fourth-order valence-corrected chi connectivity index (χ4v) is 4.00. The van der Waals surface area contributed by atoms with Gasteiger partial charge in [0.05, 0.1) is 6.54 Å². The maximum Gasteiger partial charge on any atom is 0.220 e. The van der Waals surface area contributed by atoms with Crippen LogP contribution in [0, 0.1) is 5.92 Å². The van der Waals surface area contributed by atoms with Gasteiger partial charge in [-0.2, -0.15) is 0 Å². The minimum atomic E-state index is -0.206. The first-order valence-corrected chi connectivity index (χ1v) is 11.1. The molecular weight excluding hydrogens is 539 g/mol. The number of anilines is 1. The van der Waals surface area contributed by atoms with E-state index in [9.17, 15) is 4.79 Å². The number of pyridine rings is 1. The summed E-state index contributed by atoms with van der Waals surface area (Å²) in [6.45, 7) is 5.53. The molecule has 3 rings (SSSR count). The molecule has 2 heterocycles. The van der Waals surface area contributed by atoms with Crippen molar-refractivity contribution in [3.8, 4) is 0 Å². The molecule has 1 amide bonds. The summed E-state index contributed by atoms with van der Waals surface area (Å²) in [6, 6.07) is 11.8.